The Kier molecular flexibility index (Phi) is 5.63. The van der Waals surface area contributed by atoms with E-state index in [9.17, 15) is 23.6 Å². The number of carbonyl (C=O) groups is 4. The predicted molar refractivity (Wildman–Crippen MR) is 113 cm³/mol. The largest absolute Gasteiger partial charge is 0.352 e. The van der Waals surface area contributed by atoms with Gasteiger partial charge in [0.1, 0.15) is 11.9 Å². The Hall–Kier alpha value is -2.33. The molecule has 1 aromatic rings. The number of carbonyl (C=O) groups excluding carboxylic acids is 4. The molecule has 3 heterocycles. The van der Waals surface area contributed by atoms with Crippen LogP contribution in [0.3, 0.4) is 0 Å². The van der Waals surface area contributed by atoms with E-state index in [1.807, 2.05) is 6.92 Å². The number of benzene rings is 1. The number of hydrogen-bond donors (Lipinski definition) is 1. The monoisotopic (exact) mass is 449 g/mol. The van der Waals surface area contributed by atoms with Crippen molar-refractivity contribution >= 4 is 52.6 Å². The smallest absolute Gasteiger partial charge is 0.293 e. The van der Waals surface area contributed by atoms with Gasteiger partial charge >= 0.3 is 0 Å². The summed E-state index contributed by atoms with van der Waals surface area (Å²) in [7, 11) is 0. The molecule has 1 N–H and O–H groups in total. The Balaban J connectivity index is 1.33. The fraction of sp³-hybridized carbons (Fsp3) is 0.400. The van der Waals surface area contributed by atoms with Crippen LogP contribution in [0.1, 0.15) is 25.3 Å². The van der Waals surface area contributed by atoms with Crippen molar-refractivity contribution in [3.8, 4) is 0 Å². The molecule has 3 saturated heterocycles. The third kappa shape index (κ3) is 3.85. The van der Waals surface area contributed by atoms with Gasteiger partial charge in [0.25, 0.3) is 11.1 Å². The first-order valence-electron chi connectivity index (χ1n) is 9.53. The minimum absolute atomic E-state index is 0.0143. The van der Waals surface area contributed by atoms with Crippen molar-refractivity contribution in [2.75, 3.05) is 18.8 Å². The third-order valence-electron chi connectivity index (χ3n) is 5.42. The minimum atomic E-state index is -0.525. The van der Waals surface area contributed by atoms with Crippen molar-refractivity contribution in [2.24, 2.45) is 0 Å². The summed E-state index contributed by atoms with van der Waals surface area (Å²) in [6, 6.07) is 5.09. The van der Waals surface area contributed by atoms with Crippen molar-refractivity contribution in [3.63, 3.8) is 0 Å². The van der Waals surface area contributed by atoms with Crippen LogP contribution in [-0.2, 0) is 14.4 Å². The molecule has 3 aliphatic heterocycles. The Morgan fingerprint density at radius 2 is 2.03 bits per heavy atom. The topological polar surface area (TPSA) is 86.8 Å². The number of fused-ring (bicyclic) bond motifs is 1. The highest BCUT2D eigenvalue weighted by atomic mass is 32.2. The number of hydrogen-bond acceptors (Lipinski definition) is 6. The maximum absolute atomic E-state index is 13.0. The van der Waals surface area contributed by atoms with Gasteiger partial charge in [0.15, 0.2) is 0 Å². The van der Waals surface area contributed by atoms with E-state index in [4.69, 9.17) is 0 Å². The van der Waals surface area contributed by atoms with E-state index in [2.05, 4.69) is 5.32 Å². The normalized spacial score (nSPS) is 27.3. The minimum Gasteiger partial charge on any atom is -0.352 e. The Morgan fingerprint density at radius 3 is 2.77 bits per heavy atom. The molecule has 2 unspecified atom stereocenters. The first-order chi connectivity index (χ1) is 14.3. The average Bonchev–Trinajstić information content (AvgIpc) is 3.30. The summed E-state index contributed by atoms with van der Waals surface area (Å²) >= 11 is 2.42. The van der Waals surface area contributed by atoms with Crippen molar-refractivity contribution in [3.05, 3.63) is 40.6 Å². The molecule has 0 saturated carbocycles. The summed E-state index contributed by atoms with van der Waals surface area (Å²) in [6.07, 6.45) is 2.72. The first-order valence-corrected chi connectivity index (χ1v) is 11.3. The maximum atomic E-state index is 13.0. The van der Waals surface area contributed by atoms with Crippen LogP contribution in [0.5, 0.6) is 0 Å². The summed E-state index contributed by atoms with van der Waals surface area (Å²) in [5.74, 6) is -0.569. The molecule has 158 valence electrons. The standard InChI is InChI=1S/C20H20FN3O4S2/c1-20-7-6-16(25)24(20)14(11-29-20)17(26)22-8-9-23-18(27)15(30-19(23)28)10-12-2-4-13(21)5-3-12/h2-5,10,14H,6-9,11H2,1H3,(H,22,26). The van der Waals surface area contributed by atoms with E-state index >= 15 is 0 Å². The van der Waals surface area contributed by atoms with E-state index in [-0.39, 0.29) is 40.5 Å². The van der Waals surface area contributed by atoms with E-state index in [0.717, 1.165) is 23.1 Å². The summed E-state index contributed by atoms with van der Waals surface area (Å²) < 4.78 is 13.0. The van der Waals surface area contributed by atoms with Crippen LogP contribution in [-0.4, -0.2) is 62.5 Å². The number of rotatable bonds is 5. The van der Waals surface area contributed by atoms with Gasteiger partial charge in [-0.3, -0.25) is 24.1 Å². The number of nitrogens with zero attached hydrogens (tertiary/aromatic N) is 2. The number of nitrogens with one attached hydrogen (secondary N) is 1. The molecule has 0 aliphatic carbocycles. The quantitative estimate of drug-likeness (QED) is 0.695. The summed E-state index contributed by atoms with van der Waals surface area (Å²) in [4.78, 5) is 52.2. The van der Waals surface area contributed by atoms with Crippen molar-refractivity contribution in [1.29, 1.82) is 0 Å². The van der Waals surface area contributed by atoms with E-state index < -0.39 is 17.2 Å². The predicted octanol–water partition coefficient (Wildman–Crippen LogP) is 2.43. The molecule has 3 fully saturated rings. The molecule has 0 radical (unpaired) electrons. The van der Waals surface area contributed by atoms with Crippen LogP contribution in [0.2, 0.25) is 0 Å². The molecule has 7 nitrogen and oxygen atoms in total. The molecule has 2 atom stereocenters. The highest BCUT2D eigenvalue weighted by Gasteiger charge is 2.52. The third-order valence-corrected chi connectivity index (χ3v) is 7.84. The van der Waals surface area contributed by atoms with Gasteiger partial charge in [0.2, 0.25) is 11.8 Å². The van der Waals surface area contributed by atoms with Crippen LogP contribution < -0.4 is 5.32 Å². The van der Waals surface area contributed by atoms with Gasteiger partial charge in [-0.2, -0.15) is 0 Å². The van der Waals surface area contributed by atoms with Crippen LogP contribution in [0.4, 0.5) is 9.18 Å². The molecule has 4 rings (SSSR count). The lowest BCUT2D eigenvalue weighted by molar-refractivity contribution is -0.137. The van der Waals surface area contributed by atoms with Crippen LogP contribution in [0.25, 0.3) is 6.08 Å². The second-order valence-corrected chi connectivity index (χ2v) is 9.94. The number of thioether (sulfide) groups is 2. The molecule has 0 spiro atoms. The van der Waals surface area contributed by atoms with E-state index in [1.165, 1.54) is 24.3 Å². The van der Waals surface area contributed by atoms with Crippen molar-refractivity contribution < 1.29 is 23.6 Å². The van der Waals surface area contributed by atoms with Crippen molar-refractivity contribution in [1.82, 2.24) is 15.1 Å². The lowest BCUT2D eigenvalue weighted by Crippen LogP contribution is -2.51. The summed E-state index contributed by atoms with van der Waals surface area (Å²) in [5.41, 5.74) is 0.618. The number of imide groups is 1. The molecule has 0 aromatic heterocycles. The molecule has 1 aromatic carbocycles. The summed E-state index contributed by atoms with van der Waals surface area (Å²) in [6.45, 7) is 2.13. The van der Waals surface area contributed by atoms with Crippen LogP contribution >= 0.6 is 23.5 Å². The fourth-order valence-corrected chi connectivity index (χ4v) is 6.12. The molecular formula is C20H20FN3O4S2. The van der Waals surface area contributed by atoms with Gasteiger partial charge in [0, 0.05) is 25.3 Å². The Labute approximate surface area is 181 Å². The van der Waals surface area contributed by atoms with E-state index in [1.54, 1.807) is 22.7 Å². The SMILES string of the molecule is CC12CCC(=O)N1C(C(=O)NCCN1C(=O)SC(=Cc3ccc(F)cc3)C1=O)CS2. The molecule has 30 heavy (non-hydrogen) atoms. The molecule has 10 heteroatoms. The highest BCUT2D eigenvalue weighted by molar-refractivity contribution is 8.18. The average molecular weight is 450 g/mol. The van der Waals surface area contributed by atoms with Gasteiger partial charge in [-0.1, -0.05) is 12.1 Å². The molecule has 3 aliphatic rings. The Morgan fingerprint density at radius 1 is 1.30 bits per heavy atom. The molecule has 0 bridgehead atoms. The fourth-order valence-electron chi connectivity index (χ4n) is 3.83. The summed E-state index contributed by atoms with van der Waals surface area (Å²) in [5, 5.41) is 2.34. The van der Waals surface area contributed by atoms with Gasteiger partial charge < -0.3 is 10.2 Å². The lowest BCUT2D eigenvalue weighted by atomic mass is 10.2. The highest BCUT2D eigenvalue weighted by Crippen LogP contribution is 2.47. The zero-order valence-electron chi connectivity index (χ0n) is 16.2. The Bertz CT molecular complexity index is 952. The zero-order valence-corrected chi connectivity index (χ0v) is 17.9. The van der Waals surface area contributed by atoms with Crippen LogP contribution in [0.15, 0.2) is 29.2 Å². The van der Waals surface area contributed by atoms with Gasteiger partial charge in [-0.15, -0.1) is 11.8 Å². The molecule has 4 amide bonds. The van der Waals surface area contributed by atoms with Gasteiger partial charge in [-0.05, 0) is 48.9 Å². The first kappa shape index (κ1) is 20.9. The molecular weight excluding hydrogens is 429 g/mol. The number of amides is 4. The zero-order chi connectivity index (χ0) is 21.5. The second kappa shape index (κ2) is 8.07. The van der Waals surface area contributed by atoms with Gasteiger partial charge in [0.05, 0.1) is 9.78 Å². The van der Waals surface area contributed by atoms with Crippen molar-refractivity contribution in [2.45, 2.75) is 30.7 Å². The maximum Gasteiger partial charge on any atom is 0.293 e. The second-order valence-electron chi connectivity index (χ2n) is 7.44. The van der Waals surface area contributed by atoms with Crippen LogP contribution in [0, 0.1) is 5.82 Å². The van der Waals surface area contributed by atoms with Gasteiger partial charge in [-0.25, -0.2) is 4.39 Å². The van der Waals surface area contributed by atoms with E-state index in [0.29, 0.717) is 17.7 Å². The number of halogens is 1. The lowest BCUT2D eigenvalue weighted by Gasteiger charge is -2.29.